The molecule has 0 unspecified atom stereocenters. The van der Waals surface area contributed by atoms with E-state index in [1.54, 1.807) is 24.5 Å². The number of hydrogen-bond acceptors (Lipinski definition) is 4. The third-order valence-electron chi connectivity index (χ3n) is 4.01. The van der Waals surface area contributed by atoms with Crippen LogP contribution in [0.5, 0.6) is 0 Å². The predicted octanol–water partition coefficient (Wildman–Crippen LogP) is 2.27. The Balaban J connectivity index is 1.80. The van der Waals surface area contributed by atoms with Gasteiger partial charge in [0, 0.05) is 40.8 Å². The Kier molecular flexibility index (Phi) is 3.13. The molecule has 2 aromatic heterocycles. The minimum Gasteiger partial charge on any atom is -0.377 e. The van der Waals surface area contributed by atoms with Gasteiger partial charge >= 0.3 is 0 Å². The number of halogens is 1. The molecule has 1 aliphatic rings. The third kappa shape index (κ3) is 2.08. The number of nitrogens with zero attached hydrogens (tertiary/aromatic N) is 3. The lowest BCUT2D eigenvalue weighted by molar-refractivity contribution is -0.0286. The number of pyridine rings is 1. The number of nitrogens with two attached hydrogens (primary N) is 1. The summed E-state index contributed by atoms with van der Waals surface area (Å²) in [7, 11) is 0. The van der Waals surface area contributed by atoms with Crippen molar-refractivity contribution in [2.75, 3.05) is 13.2 Å². The number of benzene rings is 1. The maximum Gasteiger partial charge on any atom is 0.139 e. The summed E-state index contributed by atoms with van der Waals surface area (Å²) in [5.41, 5.74) is 7.56. The Bertz CT molecular complexity index is 841. The van der Waals surface area contributed by atoms with E-state index in [-0.39, 0.29) is 11.9 Å². The van der Waals surface area contributed by atoms with Gasteiger partial charge in [0.25, 0.3) is 0 Å². The Labute approximate surface area is 126 Å². The molecule has 112 valence electrons. The highest BCUT2D eigenvalue weighted by Gasteiger charge is 2.22. The second-order valence-electron chi connectivity index (χ2n) is 5.43. The molecule has 0 aliphatic carbocycles. The summed E-state index contributed by atoms with van der Waals surface area (Å²) in [5.74, 6) is -0.265. The number of hydrogen-bond donors (Lipinski definition) is 1. The summed E-state index contributed by atoms with van der Waals surface area (Å²) in [6.45, 7) is 1.61. The summed E-state index contributed by atoms with van der Waals surface area (Å²) < 4.78 is 21.8. The standard InChI is InChI=1S/C16H15FN4O/c17-16-14(11-6-20-21(7-11)13-8-22-9-13)2-1-10-5-19-12(4-18)3-15(10)16/h1-3,5-7,13H,4,8-9,18H2. The van der Waals surface area contributed by atoms with Crippen LogP contribution in [0.4, 0.5) is 4.39 Å². The van der Waals surface area contributed by atoms with Gasteiger partial charge in [0.1, 0.15) is 5.82 Å². The van der Waals surface area contributed by atoms with Crippen molar-refractivity contribution in [1.29, 1.82) is 0 Å². The molecule has 4 rings (SSSR count). The molecule has 0 radical (unpaired) electrons. The zero-order valence-electron chi connectivity index (χ0n) is 11.9. The molecule has 0 amide bonds. The van der Waals surface area contributed by atoms with Gasteiger partial charge in [-0.15, -0.1) is 0 Å². The minimum absolute atomic E-state index is 0.255. The van der Waals surface area contributed by atoms with Gasteiger partial charge < -0.3 is 10.5 Å². The largest absolute Gasteiger partial charge is 0.377 e. The van der Waals surface area contributed by atoms with E-state index in [0.29, 0.717) is 36.4 Å². The molecular formula is C16H15FN4O. The Morgan fingerprint density at radius 2 is 2.18 bits per heavy atom. The molecule has 1 aliphatic heterocycles. The van der Waals surface area contributed by atoms with Gasteiger partial charge in [-0.2, -0.15) is 5.10 Å². The summed E-state index contributed by atoms with van der Waals surface area (Å²) in [6.07, 6.45) is 5.20. The van der Waals surface area contributed by atoms with Gasteiger partial charge in [-0.05, 0) is 6.07 Å². The fraction of sp³-hybridized carbons (Fsp3) is 0.250. The van der Waals surface area contributed by atoms with Gasteiger partial charge in [0.05, 0.1) is 31.1 Å². The van der Waals surface area contributed by atoms with Crippen LogP contribution in [0.3, 0.4) is 0 Å². The molecule has 0 bridgehead atoms. The fourth-order valence-corrected chi connectivity index (χ4v) is 2.61. The van der Waals surface area contributed by atoms with Gasteiger partial charge in [0.15, 0.2) is 0 Å². The molecule has 1 aromatic carbocycles. The van der Waals surface area contributed by atoms with Gasteiger partial charge in [-0.3, -0.25) is 9.67 Å². The van der Waals surface area contributed by atoms with Crippen molar-refractivity contribution in [1.82, 2.24) is 14.8 Å². The first-order valence-corrected chi connectivity index (χ1v) is 7.16. The van der Waals surface area contributed by atoms with E-state index >= 15 is 0 Å². The Morgan fingerprint density at radius 1 is 1.32 bits per heavy atom. The van der Waals surface area contributed by atoms with E-state index in [1.165, 1.54) is 0 Å². The molecule has 3 aromatic rings. The van der Waals surface area contributed by atoms with Crippen LogP contribution >= 0.6 is 0 Å². The monoisotopic (exact) mass is 298 g/mol. The lowest BCUT2D eigenvalue weighted by Crippen LogP contribution is -2.30. The highest BCUT2D eigenvalue weighted by Crippen LogP contribution is 2.30. The molecule has 0 atom stereocenters. The second-order valence-corrected chi connectivity index (χ2v) is 5.43. The molecule has 6 heteroatoms. The van der Waals surface area contributed by atoms with E-state index in [1.807, 2.05) is 16.9 Å². The van der Waals surface area contributed by atoms with E-state index in [0.717, 1.165) is 10.9 Å². The van der Waals surface area contributed by atoms with Crippen molar-refractivity contribution in [3.63, 3.8) is 0 Å². The highest BCUT2D eigenvalue weighted by atomic mass is 19.1. The average Bonchev–Trinajstić information content (AvgIpc) is 2.94. The van der Waals surface area contributed by atoms with Crippen LogP contribution in [0, 0.1) is 5.82 Å². The SMILES string of the molecule is NCc1cc2c(F)c(-c3cnn(C4COC4)c3)ccc2cn1. The summed E-state index contributed by atoms with van der Waals surface area (Å²) in [5, 5.41) is 5.60. The molecule has 2 N–H and O–H groups in total. The van der Waals surface area contributed by atoms with E-state index in [4.69, 9.17) is 10.5 Å². The van der Waals surface area contributed by atoms with Crippen LogP contribution < -0.4 is 5.73 Å². The maximum atomic E-state index is 14.8. The van der Waals surface area contributed by atoms with Crippen LogP contribution in [-0.2, 0) is 11.3 Å². The Morgan fingerprint density at radius 3 is 2.91 bits per heavy atom. The molecule has 0 spiro atoms. The summed E-state index contributed by atoms with van der Waals surface area (Å²) >= 11 is 0. The topological polar surface area (TPSA) is 66.0 Å². The van der Waals surface area contributed by atoms with Gasteiger partial charge in [0.2, 0.25) is 0 Å². The van der Waals surface area contributed by atoms with Crippen LogP contribution in [0.15, 0.2) is 36.8 Å². The predicted molar refractivity (Wildman–Crippen MR) is 80.7 cm³/mol. The fourth-order valence-electron chi connectivity index (χ4n) is 2.61. The molecule has 1 saturated heterocycles. The second kappa shape index (κ2) is 5.15. The first-order valence-electron chi connectivity index (χ1n) is 7.16. The van der Waals surface area contributed by atoms with Crippen LogP contribution in [0.25, 0.3) is 21.9 Å². The molecule has 22 heavy (non-hydrogen) atoms. The molecular weight excluding hydrogens is 283 g/mol. The van der Waals surface area contributed by atoms with E-state index in [2.05, 4.69) is 10.1 Å². The van der Waals surface area contributed by atoms with Gasteiger partial charge in [-0.25, -0.2) is 4.39 Å². The van der Waals surface area contributed by atoms with Crippen molar-refractivity contribution in [2.45, 2.75) is 12.6 Å². The maximum absolute atomic E-state index is 14.8. The quantitative estimate of drug-likeness (QED) is 0.805. The summed E-state index contributed by atoms with van der Waals surface area (Å²) in [6, 6.07) is 5.59. The van der Waals surface area contributed by atoms with Crippen LogP contribution in [0.1, 0.15) is 11.7 Å². The number of aromatic nitrogens is 3. The first kappa shape index (κ1) is 13.4. The summed E-state index contributed by atoms with van der Waals surface area (Å²) in [4.78, 5) is 4.19. The normalized spacial score (nSPS) is 15.2. The first-order chi connectivity index (χ1) is 10.8. The molecule has 1 fully saturated rings. The zero-order valence-corrected chi connectivity index (χ0v) is 11.9. The zero-order chi connectivity index (χ0) is 15.1. The average molecular weight is 298 g/mol. The highest BCUT2D eigenvalue weighted by molar-refractivity contribution is 5.87. The molecule has 3 heterocycles. The number of ether oxygens (including phenoxy) is 1. The lowest BCUT2D eigenvalue weighted by Gasteiger charge is -2.25. The molecule has 0 saturated carbocycles. The molecule has 5 nitrogen and oxygen atoms in total. The van der Waals surface area contributed by atoms with Crippen molar-refractivity contribution in [2.24, 2.45) is 5.73 Å². The van der Waals surface area contributed by atoms with Crippen LogP contribution in [0.2, 0.25) is 0 Å². The number of fused-ring (bicyclic) bond motifs is 1. The lowest BCUT2D eigenvalue weighted by atomic mass is 10.0. The van der Waals surface area contributed by atoms with Crippen LogP contribution in [-0.4, -0.2) is 28.0 Å². The van der Waals surface area contributed by atoms with Crippen molar-refractivity contribution >= 4 is 10.8 Å². The van der Waals surface area contributed by atoms with Crippen molar-refractivity contribution < 1.29 is 9.13 Å². The van der Waals surface area contributed by atoms with E-state index in [9.17, 15) is 4.39 Å². The minimum atomic E-state index is -0.265. The third-order valence-corrected chi connectivity index (χ3v) is 4.01. The Hall–Kier alpha value is -2.31. The van der Waals surface area contributed by atoms with Gasteiger partial charge in [-0.1, -0.05) is 12.1 Å². The van der Waals surface area contributed by atoms with E-state index < -0.39 is 0 Å². The van der Waals surface area contributed by atoms with Crippen molar-refractivity contribution in [3.8, 4) is 11.1 Å². The smallest absolute Gasteiger partial charge is 0.139 e. The van der Waals surface area contributed by atoms with Crippen molar-refractivity contribution in [3.05, 3.63) is 48.3 Å². The number of rotatable bonds is 3.